The van der Waals surface area contributed by atoms with Crippen molar-refractivity contribution in [1.82, 2.24) is 0 Å². The Morgan fingerprint density at radius 1 is 0.957 bits per heavy atom. The summed E-state index contributed by atoms with van der Waals surface area (Å²) in [6.07, 6.45) is 6.30. The van der Waals surface area contributed by atoms with E-state index in [9.17, 15) is 15.4 Å². The Bertz CT molecular complexity index is 1370. The van der Waals surface area contributed by atoms with Gasteiger partial charge in [0, 0.05) is 30.4 Å². The minimum Gasteiger partial charge on any atom is -0.466 e. The van der Waals surface area contributed by atoms with E-state index in [2.05, 4.69) is 105 Å². The van der Waals surface area contributed by atoms with E-state index >= 15 is 0 Å². The summed E-state index contributed by atoms with van der Waals surface area (Å²) in [5, 5.41) is 18.0. The number of aliphatic hydroxyl groups is 1. The molecule has 3 fully saturated rings. The summed E-state index contributed by atoms with van der Waals surface area (Å²) in [6, 6.07) is 21.6. The van der Waals surface area contributed by atoms with Crippen molar-refractivity contribution in [3.05, 3.63) is 71.1 Å². The molecular weight excluding hydrogens is 591 g/mol. The largest absolute Gasteiger partial charge is 0.466 e. The fourth-order valence-electron chi connectivity index (χ4n) is 10.1. The predicted octanol–water partition coefficient (Wildman–Crippen LogP) is 7.80. The second kappa shape index (κ2) is 13.1. The van der Waals surface area contributed by atoms with E-state index in [1.807, 2.05) is 6.92 Å². The maximum absolute atomic E-state index is 12.2. The Morgan fingerprint density at radius 3 is 2.09 bits per heavy atom. The Hall–Kier alpha value is -2.64. The zero-order valence-corrected chi connectivity index (χ0v) is 30.0. The van der Waals surface area contributed by atoms with Crippen molar-refractivity contribution in [2.45, 2.75) is 110 Å². The minimum atomic E-state index is -2.76. The molecule has 46 heavy (non-hydrogen) atoms. The molecule has 3 aliphatic rings. The molecule has 3 saturated carbocycles. The molecule has 250 valence electrons. The van der Waals surface area contributed by atoms with Gasteiger partial charge in [0.2, 0.25) is 0 Å². The van der Waals surface area contributed by atoms with E-state index in [1.165, 1.54) is 17.3 Å². The van der Waals surface area contributed by atoms with Crippen LogP contribution in [0.1, 0.15) is 93.4 Å². The number of carbonyl (C=O) groups is 1. The molecule has 0 aromatic heterocycles. The number of ether oxygens (including phenoxy) is 1. The molecule has 8 heteroatoms. The minimum absolute atomic E-state index is 0.0107. The standard InChI is InChI=1S/C38H55N3O4Si/c1-27(42)44-26-28-24-29(45-46(35(2,3)4,30-14-10-8-11-15-30)31-16-12-9-13-17-31)18-21-36(28,5)33-19-22-37(6)34(20-23-38(37,7)43)32(33)25-40-41-39/h8-17,28-29,32-34,43H,18-26H2,1-7H3/t28-,29+,32-,33+,34+,36+,37+,38+/m1/s1. The second-order valence-corrected chi connectivity index (χ2v) is 20.5. The molecule has 0 aliphatic heterocycles. The molecule has 7 nitrogen and oxygen atoms in total. The van der Waals surface area contributed by atoms with E-state index in [0.717, 1.165) is 44.9 Å². The molecule has 3 aliphatic carbocycles. The zero-order chi connectivity index (χ0) is 33.4. The van der Waals surface area contributed by atoms with Gasteiger partial charge in [-0.2, -0.15) is 0 Å². The van der Waals surface area contributed by atoms with Crippen molar-refractivity contribution in [1.29, 1.82) is 0 Å². The smallest absolute Gasteiger partial charge is 0.302 e. The van der Waals surface area contributed by atoms with Crippen molar-refractivity contribution in [2.24, 2.45) is 39.6 Å². The lowest BCUT2D eigenvalue weighted by atomic mass is 9.48. The van der Waals surface area contributed by atoms with Gasteiger partial charge in [-0.25, -0.2) is 0 Å². The molecule has 0 saturated heterocycles. The first-order valence-electron chi connectivity index (χ1n) is 17.3. The SMILES string of the molecule is CC(=O)OC[C@H]1C[C@@H](O[Si](c2ccccc2)(c2ccccc2)C(C)(C)C)CC[C@]1(C)[C@H]1CC[C@@]2(C)[C@@H](CC[C@]2(C)O)[C@@H]1CN=[N+]=[N-]. The number of benzene rings is 2. The van der Waals surface area contributed by atoms with E-state index in [1.54, 1.807) is 0 Å². The van der Waals surface area contributed by atoms with E-state index < -0.39 is 13.9 Å². The van der Waals surface area contributed by atoms with Crippen molar-refractivity contribution >= 4 is 24.7 Å². The van der Waals surface area contributed by atoms with E-state index in [4.69, 9.17) is 9.16 Å². The van der Waals surface area contributed by atoms with Gasteiger partial charge in [-0.1, -0.05) is 100 Å². The topological polar surface area (TPSA) is 105 Å². The van der Waals surface area contributed by atoms with Crippen LogP contribution in [0, 0.1) is 34.5 Å². The van der Waals surface area contributed by atoms with Crippen molar-refractivity contribution in [2.75, 3.05) is 13.2 Å². The quantitative estimate of drug-likeness (QED) is 0.0988. The highest BCUT2D eigenvalue weighted by molar-refractivity contribution is 6.99. The van der Waals surface area contributed by atoms with Gasteiger partial charge in [0.25, 0.3) is 8.32 Å². The summed E-state index contributed by atoms with van der Waals surface area (Å²) >= 11 is 0. The first-order chi connectivity index (χ1) is 21.7. The summed E-state index contributed by atoms with van der Waals surface area (Å²) in [4.78, 5) is 15.4. The predicted molar refractivity (Wildman–Crippen MR) is 186 cm³/mol. The summed E-state index contributed by atoms with van der Waals surface area (Å²) in [7, 11) is -2.76. The van der Waals surface area contributed by atoms with Gasteiger partial charge in [0.1, 0.15) is 0 Å². The van der Waals surface area contributed by atoms with E-state index in [-0.39, 0.29) is 45.7 Å². The number of carbonyl (C=O) groups excluding carboxylic acids is 1. The van der Waals surface area contributed by atoms with Crippen LogP contribution < -0.4 is 10.4 Å². The van der Waals surface area contributed by atoms with Crippen molar-refractivity contribution < 1.29 is 19.1 Å². The lowest BCUT2D eigenvalue weighted by Gasteiger charge is -2.58. The monoisotopic (exact) mass is 645 g/mol. The number of hydrogen-bond donors (Lipinski definition) is 1. The molecule has 0 unspecified atom stereocenters. The van der Waals surface area contributed by atoms with Crippen LogP contribution in [-0.2, 0) is 14.0 Å². The van der Waals surface area contributed by atoms with Gasteiger partial charge < -0.3 is 14.3 Å². The number of esters is 1. The summed E-state index contributed by atoms with van der Waals surface area (Å²) in [5.41, 5.74) is 8.34. The Kier molecular flexibility index (Phi) is 9.88. The average molecular weight is 646 g/mol. The molecule has 0 amide bonds. The second-order valence-electron chi connectivity index (χ2n) is 16.2. The number of rotatable bonds is 9. The molecular formula is C38H55N3O4Si. The Morgan fingerprint density at radius 2 is 1.54 bits per heavy atom. The highest BCUT2D eigenvalue weighted by atomic mass is 28.4. The molecule has 2 aromatic rings. The van der Waals surface area contributed by atoms with Gasteiger partial charge in [-0.3, -0.25) is 4.79 Å². The van der Waals surface area contributed by atoms with Gasteiger partial charge >= 0.3 is 5.97 Å². The number of fused-ring (bicyclic) bond motifs is 1. The van der Waals surface area contributed by atoms with Crippen LogP contribution in [-0.4, -0.2) is 44.2 Å². The van der Waals surface area contributed by atoms with Gasteiger partial charge in [0.05, 0.1) is 12.2 Å². The summed E-state index contributed by atoms with van der Waals surface area (Å²) < 4.78 is 13.5. The van der Waals surface area contributed by atoms with E-state index in [0.29, 0.717) is 19.1 Å². The molecule has 0 spiro atoms. The normalized spacial score (nSPS) is 34.7. The Labute approximate surface area is 277 Å². The third kappa shape index (κ3) is 6.07. The molecule has 0 radical (unpaired) electrons. The summed E-state index contributed by atoms with van der Waals surface area (Å²) in [5.74, 6) is 0.579. The van der Waals surface area contributed by atoms with Crippen LogP contribution in [0.3, 0.4) is 0 Å². The highest BCUT2D eigenvalue weighted by Gasteiger charge is 2.62. The van der Waals surface area contributed by atoms with Crippen LogP contribution in [0.5, 0.6) is 0 Å². The van der Waals surface area contributed by atoms with Crippen LogP contribution in [0.15, 0.2) is 65.8 Å². The number of nitrogens with zero attached hydrogens (tertiary/aromatic N) is 3. The maximum atomic E-state index is 12.2. The third-order valence-corrected chi connectivity index (χ3v) is 18.0. The van der Waals surface area contributed by atoms with Crippen LogP contribution in [0.2, 0.25) is 5.04 Å². The third-order valence-electron chi connectivity index (χ3n) is 12.9. The van der Waals surface area contributed by atoms with Crippen molar-refractivity contribution in [3.8, 4) is 0 Å². The maximum Gasteiger partial charge on any atom is 0.302 e. The van der Waals surface area contributed by atoms with Gasteiger partial charge in [-0.15, -0.1) is 0 Å². The fraction of sp³-hybridized carbons (Fsp3) is 0.658. The van der Waals surface area contributed by atoms with Crippen LogP contribution >= 0.6 is 0 Å². The zero-order valence-electron chi connectivity index (χ0n) is 29.0. The average Bonchev–Trinajstić information content (AvgIpc) is 3.27. The Balaban J connectivity index is 1.52. The van der Waals surface area contributed by atoms with Crippen molar-refractivity contribution in [3.63, 3.8) is 0 Å². The molecule has 2 aromatic carbocycles. The molecule has 5 rings (SSSR count). The highest BCUT2D eigenvalue weighted by Crippen LogP contribution is 2.65. The lowest BCUT2D eigenvalue weighted by Crippen LogP contribution is -2.68. The molecule has 0 heterocycles. The van der Waals surface area contributed by atoms with Crippen LogP contribution in [0.4, 0.5) is 0 Å². The van der Waals surface area contributed by atoms with Gasteiger partial charge in [-0.05, 0) is 101 Å². The molecule has 0 bridgehead atoms. The molecule has 1 N–H and O–H groups in total. The molecule has 8 atom stereocenters. The first kappa shape index (κ1) is 34.7. The van der Waals surface area contributed by atoms with Gasteiger partial charge in [0.15, 0.2) is 0 Å². The fourth-order valence-corrected chi connectivity index (χ4v) is 14.9. The number of azide groups is 1. The number of hydrogen-bond acceptors (Lipinski definition) is 5. The van der Waals surface area contributed by atoms with Crippen LogP contribution in [0.25, 0.3) is 10.4 Å². The first-order valence-corrected chi connectivity index (χ1v) is 19.3. The lowest BCUT2D eigenvalue weighted by molar-refractivity contribution is -0.153. The summed E-state index contributed by atoms with van der Waals surface area (Å²) in [6.45, 7) is 15.9.